The van der Waals surface area contributed by atoms with Crippen molar-refractivity contribution in [3.05, 3.63) is 0 Å². The van der Waals surface area contributed by atoms with Crippen molar-refractivity contribution in [2.45, 2.75) is 32.1 Å². The third kappa shape index (κ3) is 3.56. The molecule has 16 heavy (non-hydrogen) atoms. The second-order valence-electron chi connectivity index (χ2n) is 5.24. The quantitative estimate of drug-likeness (QED) is 0.674. The molecule has 0 aromatic heterocycles. The van der Waals surface area contributed by atoms with Gasteiger partial charge in [-0.05, 0) is 45.3 Å². The smallest absolute Gasteiger partial charge is 0.124 e. The first kappa shape index (κ1) is 12.1. The molecule has 92 valence electrons. The summed E-state index contributed by atoms with van der Waals surface area (Å²) in [5, 5.41) is 0. The van der Waals surface area contributed by atoms with Crippen LogP contribution in [0.4, 0.5) is 0 Å². The van der Waals surface area contributed by atoms with E-state index < -0.39 is 0 Å². The maximum atomic E-state index is 10.8. The Morgan fingerprint density at radius 3 is 2.38 bits per heavy atom. The number of piperidine rings is 2. The lowest BCUT2D eigenvalue weighted by Crippen LogP contribution is -2.42. The van der Waals surface area contributed by atoms with E-state index in [9.17, 15) is 4.79 Å². The Balaban J connectivity index is 1.66. The van der Waals surface area contributed by atoms with Crippen molar-refractivity contribution in [2.24, 2.45) is 5.92 Å². The number of likely N-dealkylation sites (tertiary alicyclic amines) is 2. The lowest BCUT2D eigenvalue weighted by Gasteiger charge is -2.33. The fourth-order valence-electron chi connectivity index (χ4n) is 2.87. The van der Waals surface area contributed by atoms with E-state index in [2.05, 4.69) is 9.80 Å². The lowest BCUT2D eigenvalue weighted by atomic mass is 10.00. The van der Waals surface area contributed by atoms with Crippen LogP contribution in [-0.4, -0.2) is 55.4 Å². The Kier molecular flexibility index (Phi) is 4.79. The number of hydrogen-bond acceptors (Lipinski definition) is 3. The van der Waals surface area contributed by atoms with Crippen LogP contribution in [0.15, 0.2) is 0 Å². The van der Waals surface area contributed by atoms with Crippen LogP contribution in [0.2, 0.25) is 0 Å². The zero-order valence-corrected chi connectivity index (χ0v) is 10.2. The minimum Gasteiger partial charge on any atom is -0.303 e. The molecule has 0 radical (unpaired) electrons. The summed E-state index contributed by atoms with van der Waals surface area (Å²) in [6.07, 6.45) is 7.60. The summed E-state index contributed by atoms with van der Waals surface area (Å²) in [5.74, 6) is 0.301. The van der Waals surface area contributed by atoms with Gasteiger partial charge in [-0.15, -0.1) is 0 Å². The topological polar surface area (TPSA) is 23.6 Å². The first-order chi connectivity index (χ1) is 7.88. The standard InChI is InChI=1S/C13H24N2O/c16-12-13-5-4-8-15(11-13)10-9-14-6-2-1-3-7-14/h12-13H,1-11H2. The maximum absolute atomic E-state index is 10.8. The summed E-state index contributed by atoms with van der Waals surface area (Å²) >= 11 is 0. The molecule has 2 aliphatic heterocycles. The normalized spacial score (nSPS) is 29.1. The van der Waals surface area contributed by atoms with E-state index in [1.807, 2.05) is 0 Å². The number of hydrogen-bond donors (Lipinski definition) is 0. The van der Waals surface area contributed by atoms with Crippen LogP contribution in [0.5, 0.6) is 0 Å². The summed E-state index contributed by atoms with van der Waals surface area (Å²) in [5.41, 5.74) is 0. The predicted molar refractivity (Wildman–Crippen MR) is 65.5 cm³/mol. The van der Waals surface area contributed by atoms with E-state index in [1.165, 1.54) is 51.9 Å². The van der Waals surface area contributed by atoms with Crippen LogP contribution in [0, 0.1) is 5.92 Å². The van der Waals surface area contributed by atoms with Gasteiger partial charge in [0.1, 0.15) is 6.29 Å². The first-order valence-electron chi connectivity index (χ1n) is 6.78. The highest BCUT2D eigenvalue weighted by Crippen LogP contribution is 2.14. The number of rotatable bonds is 4. The lowest BCUT2D eigenvalue weighted by molar-refractivity contribution is -0.112. The molecule has 0 aromatic rings. The Labute approximate surface area is 98.8 Å². The average molecular weight is 224 g/mol. The van der Waals surface area contributed by atoms with Crippen LogP contribution in [-0.2, 0) is 4.79 Å². The van der Waals surface area contributed by atoms with Gasteiger partial charge in [0.25, 0.3) is 0 Å². The number of carbonyl (C=O) groups is 1. The Morgan fingerprint density at radius 1 is 0.938 bits per heavy atom. The van der Waals surface area contributed by atoms with Crippen LogP contribution < -0.4 is 0 Å². The van der Waals surface area contributed by atoms with E-state index in [1.54, 1.807) is 0 Å². The summed E-state index contributed by atoms with van der Waals surface area (Å²) < 4.78 is 0. The fourth-order valence-corrected chi connectivity index (χ4v) is 2.87. The molecule has 2 fully saturated rings. The van der Waals surface area contributed by atoms with E-state index >= 15 is 0 Å². The summed E-state index contributed by atoms with van der Waals surface area (Å²) in [6, 6.07) is 0. The van der Waals surface area contributed by atoms with Crippen molar-refractivity contribution >= 4 is 6.29 Å². The molecule has 3 nitrogen and oxygen atoms in total. The Morgan fingerprint density at radius 2 is 1.62 bits per heavy atom. The van der Waals surface area contributed by atoms with Gasteiger partial charge in [-0.2, -0.15) is 0 Å². The molecule has 2 aliphatic rings. The summed E-state index contributed by atoms with van der Waals surface area (Å²) in [7, 11) is 0. The minimum absolute atomic E-state index is 0.301. The molecule has 0 spiro atoms. The molecule has 0 saturated carbocycles. The third-order valence-corrected chi connectivity index (χ3v) is 3.92. The fraction of sp³-hybridized carbons (Fsp3) is 0.923. The monoisotopic (exact) mass is 224 g/mol. The van der Waals surface area contributed by atoms with Crippen molar-refractivity contribution in [1.29, 1.82) is 0 Å². The molecule has 0 amide bonds. The molecule has 1 unspecified atom stereocenters. The second kappa shape index (κ2) is 6.36. The van der Waals surface area contributed by atoms with Gasteiger partial charge in [0, 0.05) is 25.6 Å². The third-order valence-electron chi connectivity index (χ3n) is 3.92. The van der Waals surface area contributed by atoms with Gasteiger partial charge in [0.2, 0.25) is 0 Å². The molecular formula is C13H24N2O. The number of nitrogens with zero attached hydrogens (tertiary/aromatic N) is 2. The molecule has 1 atom stereocenters. The van der Waals surface area contributed by atoms with Crippen molar-refractivity contribution in [3.8, 4) is 0 Å². The maximum Gasteiger partial charge on any atom is 0.124 e. The predicted octanol–water partition coefficient (Wildman–Crippen LogP) is 1.38. The van der Waals surface area contributed by atoms with Gasteiger partial charge < -0.3 is 14.6 Å². The second-order valence-corrected chi connectivity index (χ2v) is 5.24. The number of carbonyl (C=O) groups excluding carboxylic acids is 1. The SMILES string of the molecule is O=CC1CCCN(CCN2CCCCC2)C1. The highest BCUT2D eigenvalue weighted by atomic mass is 16.1. The van der Waals surface area contributed by atoms with Crippen LogP contribution in [0.1, 0.15) is 32.1 Å². The highest BCUT2D eigenvalue weighted by molar-refractivity contribution is 5.53. The molecule has 0 aromatic carbocycles. The molecule has 0 N–H and O–H groups in total. The van der Waals surface area contributed by atoms with Crippen LogP contribution in [0.3, 0.4) is 0 Å². The van der Waals surface area contributed by atoms with Crippen LogP contribution >= 0.6 is 0 Å². The molecule has 0 bridgehead atoms. The van der Waals surface area contributed by atoms with E-state index in [0.29, 0.717) is 5.92 Å². The first-order valence-corrected chi connectivity index (χ1v) is 6.78. The van der Waals surface area contributed by atoms with Crippen molar-refractivity contribution in [2.75, 3.05) is 39.3 Å². The zero-order chi connectivity index (χ0) is 11.2. The Hall–Kier alpha value is -0.410. The van der Waals surface area contributed by atoms with Gasteiger partial charge >= 0.3 is 0 Å². The largest absolute Gasteiger partial charge is 0.303 e. The highest BCUT2D eigenvalue weighted by Gasteiger charge is 2.19. The molecule has 2 saturated heterocycles. The van der Waals surface area contributed by atoms with Gasteiger partial charge in [-0.3, -0.25) is 0 Å². The van der Waals surface area contributed by atoms with Crippen molar-refractivity contribution in [3.63, 3.8) is 0 Å². The zero-order valence-electron chi connectivity index (χ0n) is 10.2. The molecule has 0 aliphatic carbocycles. The summed E-state index contributed by atoms with van der Waals surface area (Å²) in [4.78, 5) is 15.8. The molecule has 3 heteroatoms. The van der Waals surface area contributed by atoms with E-state index in [0.717, 1.165) is 25.8 Å². The number of aldehydes is 1. The van der Waals surface area contributed by atoms with Crippen molar-refractivity contribution in [1.82, 2.24) is 9.80 Å². The van der Waals surface area contributed by atoms with Gasteiger partial charge in [0.15, 0.2) is 0 Å². The van der Waals surface area contributed by atoms with Crippen LogP contribution in [0.25, 0.3) is 0 Å². The molecule has 2 rings (SSSR count). The molecular weight excluding hydrogens is 200 g/mol. The minimum atomic E-state index is 0.301. The van der Waals surface area contributed by atoms with Gasteiger partial charge in [-0.1, -0.05) is 6.42 Å². The van der Waals surface area contributed by atoms with Gasteiger partial charge in [-0.25, -0.2) is 0 Å². The summed E-state index contributed by atoms with van der Waals surface area (Å²) in [6.45, 7) is 7.11. The molecule has 2 heterocycles. The average Bonchev–Trinajstić information content (AvgIpc) is 2.38. The van der Waals surface area contributed by atoms with E-state index in [-0.39, 0.29) is 0 Å². The van der Waals surface area contributed by atoms with E-state index in [4.69, 9.17) is 0 Å². The van der Waals surface area contributed by atoms with Gasteiger partial charge in [0.05, 0.1) is 0 Å². The van der Waals surface area contributed by atoms with Crippen molar-refractivity contribution < 1.29 is 4.79 Å². The Bertz CT molecular complexity index is 214.